The summed E-state index contributed by atoms with van der Waals surface area (Å²) >= 11 is 11.4. The molecule has 0 amide bonds. The molecule has 0 saturated carbocycles. The van der Waals surface area contributed by atoms with Gasteiger partial charge in [0.25, 0.3) is 0 Å². The fourth-order valence-corrected chi connectivity index (χ4v) is 2.07. The fraction of sp³-hybridized carbons (Fsp3) is 0.143. The first kappa shape index (κ1) is 13.8. The molecular weight excluding hydrogens is 278 g/mol. The summed E-state index contributed by atoms with van der Waals surface area (Å²) in [5.41, 5.74) is 3.02. The lowest BCUT2D eigenvalue weighted by Gasteiger charge is -2.13. The molecule has 2 rings (SSSR count). The van der Waals surface area contributed by atoms with Crippen molar-refractivity contribution in [2.75, 3.05) is 5.32 Å². The molecule has 0 atom stereocenters. The lowest BCUT2D eigenvalue weighted by atomic mass is 10.2. The van der Waals surface area contributed by atoms with Gasteiger partial charge in [-0.1, -0.05) is 23.7 Å². The van der Waals surface area contributed by atoms with Gasteiger partial charge in [-0.05, 0) is 48.5 Å². The second kappa shape index (κ2) is 6.50. The minimum atomic E-state index is 0.549. The Bertz CT molecular complexity index is 552. The number of nitrogens with one attached hydrogen (secondary N) is 2. The third kappa shape index (κ3) is 3.91. The van der Waals surface area contributed by atoms with E-state index in [9.17, 15) is 0 Å². The lowest BCUT2D eigenvalue weighted by Crippen LogP contribution is -2.28. The van der Waals surface area contributed by atoms with Gasteiger partial charge in [0.05, 0.1) is 10.7 Å². The number of aromatic nitrogens is 1. The van der Waals surface area contributed by atoms with Crippen molar-refractivity contribution >= 4 is 34.6 Å². The molecule has 0 radical (unpaired) electrons. The Labute approximate surface area is 123 Å². The Hall–Kier alpha value is -1.65. The molecule has 0 bridgehead atoms. The van der Waals surface area contributed by atoms with Gasteiger partial charge in [-0.2, -0.15) is 0 Å². The molecule has 0 aliphatic carbocycles. The maximum Gasteiger partial charge on any atom is 0.171 e. The Balaban J connectivity index is 1.95. The number of rotatable bonds is 3. The highest BCUT2D eigenvalue weighted by atomic mass is 35.5. The molecule has 1 aromatic heterocycles. The van der Waals surface area contributed by atoms with E-state index in [1.54, 1.807) is 12.4 Å². The summed E-state index contributed by atoms with van der Waals surface area (Å²) in [6.07, 6.45) is 3.51. The molecular formula is C14H14ClN3S. The standard InChI is InChI=1S/C14H14ClN3S/c1-10-3-2-4-12(15)13(10)18-14(19)17-9-11-5-7-16-8-6-11/h2-8H,9H2,1H3,(H2,17,18,19). The SMILES string of the molecule is Cc1cccc(Cl)c1NC(=S)NCc1ccncc1. The maximum atomic E-state index is 6.13. The Kier molecular flexibility index (Phi) is 4.71. The number of thiocarbonyl (C=S) groups is 1. The van der Waals surface area contributed by atoms with E-state index in [0.29, 0.717) is 16.7 Å². The minimum absolute atomic E-state index is 0.549. The average molecular weight is 292 g/mol. The number of halogens is 1. The van der Waals surface area contributed by atoms with E-state index >= 15 is 0 Å². The molecule has 0 fully saturated rings. The Morgan fingerprint density at radius 1 is 1.26 bits per heavy atom. The van der Waals surface area contributed by atoms with E-state index in [1.165, 1.54) is 0 Å². The van der Waals surface area contributed by atoms with Crippen LogP contribution >= 0.6 is 23.8 Å². The lowest BCUT2D eigenvalue weighted by molar-refractivity contribution is 0.921. The molecule has 3 nitrogen and oxygen atoms in total. The number of anilines is 1. The zero-order chi connectivity index (χ0) is 13.7. The quantitative estimate of drug-likeness (QED) is 0.848. The van der Waals surface area contributed by atoms with Gasteiger partial charge in [0.15, 0.2) is 5.11 Å². The van der Waals surface area contributed by atoms with Crippen molar-refractivity contribution < 1.29 is 0 Å². The highest BCUT2D eigenvalue weighted by Gasteiger charge is 2.05. The van der Waals surface area contributed by atoms with Crippen LogP contribution in [0.5, 0.6) is 0 Å². The van der Waals surface area contributed by atoms with Gasteiger partial charge in [-0.3, -0.25) is 4.98 Å². The third-order valence-corrected chi connectivity index (χ3v) is 3.22. The van der Waals surface area contributed by atoms with Crippen LogP contribution in [0, 0.1) is 6.92 Å². The molecule has 1 aromatic carbocycles. The van der Waals surface area contributed by atoms with Gasteiger partial charge < -0.3 is 10.6 Å². The molecule has 2 aromatic rings. The van der Waals surface area contributed by atoms with Crippen molar-refractivity contribution in [2.45, 2.75) is 13.5 Å². The molecule has 0 aliphatic rings. The van der Waals surface area contributed by atoms with Gasteiger partial charge in [-0.15, -0.1) is 0 Å². The summed E-state index contributed by atoms with van der Waals surface area (Å²) in [5, 5.41) is 7.47. The maximum absolute atomic E-state index is 6.13. The van der Waals surface area contributed by atoms with Crippen LogP contribution in [-0.4, -0.2) is 10.1 Å². The second-order valence-electron chi connectivity index (χ2n) is 4.09. The van der Waals surface area contributed by atoms with Crippen LogP contribution in [0.1, 0.15) is 11.1 Å². The molecule has 0 saturated heterocycles. The number of aryl methyl sites for hydroxylation is 1. The fourth-order valence-electron chi connectivity index (χ4n) is 1.63. The van der Waals surface area contributed by atoms with E-state index in [-0.39, 0.29) is 0 Å². The van der Waals surface area contributed by atoms with Crippen molar-refractivity contribution in [3.05, 3.63) is 58.9 Å². The van der Waals surface area contributed by atoms with E-state index in [1.807, 2.05) is 37.3 Å². The summed E-state index contributed by atoms with van der Waals surface area (Å²) in [5.74, 6) is 0. The number of hydrogen-bond donors (Lipinski definition) is 2. The average Bonchev–Trinajstić information content (AvgIpc) is 2.42. The monoisotopic (exact) mass is 291 g/mol. The predicted molar refractivity (Wildman–Crippen MR) is 83.5 cm³/mol. The van der Waals surface area contributed by atoms with Gasteiger partial charge in [0, 0.05) is 18.9 Å². The summed E-state index contributed by atoms with van der Waals surface area (Å²) < 4.78 is 0. The van der Waals surface area contributed by atoms with Crippen molar-refractivity contribution in [3.8, 4) is 0 Å². The first-order chi connectivity index (χ1) is 9.16. The largest absolute Gasteiger partial charge is 0.358 e. The summed E-state index contributed by atoms with van der Waals surface area (Å²) in [6, 6.07) is 9.62. The zero-order valence-corrected chi connectivity index (χ0v) is 12.1. The normalized spacial score (nSPS) is 10.0. The Morgan fingerprint density at radius 3 is 2.68 bits per heavy atom. The summed E-state index contributed by atoms with van der Waals surface area (Å²) in [4.78, 5) is 3.97. The molecule has 0 aliphatic heterocycles. The Morgan fingerprint density at radius 2 is 2.00 bits per heavy atom. The van der Waals surface area contributed by atoms with Crippen LogP contribution in [0.25, 0.3) is 0 Å². The predicted octanol–water partition coefficient (Wildman–Crippen LogP) is 3.53. The van der Waals surface area contributed by atoms with Gasteiger partial charge in [-0.25, -0.2) is 0 Å². The highest BCUT2D eigenvalue weighted by Crippen LogP contribution is 2.24. The number of para-hydroxylation sites is 1. The van der Waals surface area contributed by atoms with Crippen molar-refractivity contribution in [1.82, 2.24) is 10.3 Å². The summed E-state index contributed by atoms with van der Waals surface area (Å²) in [6.45, 7) is 2.64. The van der Waals surface area contributed by atoms with Gasteiger partial charge >= 0.3 is 0 Å². The third-order valence-electron chi connectivity index (χ3n) is 2.66. The first-order valence-corrected chi connectivity index (χ1v) is 6.64. The molecule has 0 spiro atoms. The van der Waals surface area contributed by atoms with Gasteiger partial charge in [0.1, 0.15) is 0 Å². The van der Waals surface area contributed by atoms with Crippen molar-refractivity contribution in [2.24, 2.45) is 0 Å². The van der Waals surface area contributed by atoms with E-state index in [4.69, 9.17) is 23.8 Å². The van der Waals surface area contributed by atoms with Crippen LogP contribution < -0.4 is 10.6 Å². The van der Waals surface area contributed by atoms with Crippen LogP contribution in [0.15, 0.2) is 42.7 Å². The smallest absolute Gasteiger partial charge is 0.171 e. The topological polar surface area (TPSA) is 37.0 Å². The van der Waals surface area contributed by atoms with E-state index < -0.39 is 0 Å². The number of pyridine rings is 1. The van der Waals surface area contributed by atoms with Gasteiger partial charge in [0.2, 0.25) is 0 Å². The van der Waals surface area contributed by atoms with Crippen LogP contribution in [0.3, 0.4) is 0 Å². The van der Waals surface area contributed by atoms with Crippen LogP contribution in [-0.2, 0) is 6.54 Å². The molecule has 0 unspecified atom stereocenters. The zero-order valence-electron chi connectivity index (χ0n) is 10.5. The molecule has 1 heterocycles. The first-order valence-electron chi connectivity index (χ1n) is 5.85. The van der Waals surface area contributed by atoms with Crippen molar-refractivity contribution in [3.63, 3.8) is 0 Å². The number of benzene rings is 1. The molecule has 2 N–H and O–H groups in total. The molecule has 98 valence electrons. The summed E-state index contributed by atoms with van der Waals surface area (Å²) in [7, 11) is 0. The highest BCUT2D eigenvalue weighted by molar-refractivity contribution is 7.80. The van der Waals surface area contributed by atoms with E-state index in [0.717, 1.165) is 16.8 Å². The van der Waals surface area contributed by atoms with Crippen LogP contribution in [0.4, 0.5) is 5.69 Å². The second-order valence-corrected chi connectivity index (χ2v) is 4.91. The number of hydrogen-bond acceptors (Lipinski definition) is 2. The minimum Gasteiger partial charge on any atom is -0.358 e. The molecule has 19 heavy (non-hydrogen) atoms. The van der Waals surface area contributed by atoms with E-state index in [2.05, 4.69) is 15.6 Å². The number of nitrogens with zero attached hydrogens (tertiary/aromatic N) is 1. The molecule has 5 heteroatoms. The van der Waals surface area contributed by atoms with Crippen molar-refractivity contribution in [1.29, 1.82) is 0 Å². The van der Waals surface area contributed by atoms with Crippen LogP contribution in [0.2, 0.25) is 5.02 Å².